The van der Waals surface area contributed by atoms with E-state index in [2.05, 4.69) is 14.1 Å². The average Bonchev–Trinajstić information content (AvgIpc) is 2.99. The van der Waals surface area contributed by atoms with Gasteiger partial charge in [-0.05, 0) is 43.7 Å². The van der Waals surface area contributed by atoms with Crippen LogP contribution in [0.4, 0.5) is 0 Å². The summed E-state index contributed by atoms with van der Waals surface area (Å²) in [6.07, 6.45) is 0.798. The summed E-state index contributed by atoms with van der Waals surface area (Å²) in [6.45, 7) is 5.20. The van der Waals surface area contributed by atoms with Crippen LogP contribution in [0.5, 0.6) is 5.75 Å². The Bertz CT molecular complexity index is 949. The SMILES string of the molecule is CC(C)Oc1ccc(C(O)=C2C(=O)C(=O)N(CCC[NH+](C)C)[C@@H]2c2ccccc2)cc1. The summed E-state index contributed by atoms with van der Waals surface area (Å²) in [4.78, 5) is 28.7. The van der Waals surface area contributed by atoms with Crippen LogP contribution in [-0.2, 0) is 9.59 Å². The van der Waals surface area contributed by atoms with Crippen molar-refractivity contribution < 1.29 is 24.3 Å². The van der Waals surface area contributed by atoms with Crippen molar-refractivity contribution in [2.75, 3.05) is 27.2 Å². The van der Waals surface area contributed by atoms with Gasteiger partial charge >= 0.3 is 0 Å². The van der Waals surface area contributed by atoms with Crippen molar-refractivity contribution in [3.05, 3.63) is 71.3 Å². The molecule has 164 valence electrons. The van der Waals surface area contributed by atoms with Gasteiger partial charge in [-0.3, -0.25) is 9.59 Å². The molecule has 1 aliphatic rings. The molecule has 2 aromatic rings. The van der Waals surface area contributed by atoms with Gasteiger partial charge in [0.2, 0.25) is 0 Å². The Labute approximate surface area is 183 Å². The lowest BCUT2D eigenvalue weighted by Gasteiger charge is -2.25. The Hall–Kier alpha value is -3.12. The van der Waals surface area contributed by atoms with E-state index in [-0.39, 0.29) is 17.4 Å². The summed E-state index contributed by atoms with van der Waals surface area (Å²) in [5.41, 5.74) is 1.42. The number of rotatable bonds is 8. The van der Waals surface area contributed by atoms with Crippen molar-refractivity contribution in [3.63, 3.8) is 0 Å². The van der Waals surface area contributed by atoms with Crippen LogP contribution in [0.25, 0.3) is 5.76 Å². The molecule has 6 heteroatoms. The van der Waals surface area contributed by atoms with E-state index in [0.29, 0.717) is 17.9 Å². The van der Waals surface area contributed by atoms with Crippen LogP contribution in [0.15, 0.2) is 60.2 Å². The minimum absolute atomic E-state index is 0.0341. The number of ether oxygens (including phenoxy) is 1. The van der Waals surface area contributed by atoms with E-state index in [1.807, 2.05) is 44.2 Å². The third-order valence-corrected chi connectivity index (χ3v) is 5.23. The number of carbonyl (C=O) groups is 2. The first kappa shape index (κ1) is 22.6. The Morgan fingerprint density at radius 2 is 1.71 bits per heavy atom. The molecule has 6 nitrogen and oxygen atoms in total. The first-order chi connectivity index (χ1) is 14.8. The lowest BCUT2D eigenvalue weighted by atomic mass is 9.95. The molecule has 1 aliphatic heterocycles. The maximum Gasteiger partial charge on any atom is 0.295 e. The average molecular weight is 424 g/mol. The molecule has 1 heterocycles. The van der Waals surface area contributed by atoms with E-state index < -0.39 is 17.7 Å². The van der Waals surface area contributed by atoms with E-state index >= 15 is 0 Å². The molecule has 0 aromatic heterocycles. The van der Waals surface area contributed by atoms with E-state index in [1.165, 1.54) is 4.90 Å². The van der Waals surface area contributed by atoms with Gasteiger partial charge in [0.15, 0.2) is 0 Å². The number of benzene rings is 2. The van der Waals surface area contributed by atoms with Gasteiger partial charge in [0, 0.05) is 18.5 Å². The lowest BCUT2D eigenvalue weighted by molar-refractivity contribution is -0.858. The maximum absolute atomic E-state index is 13.0. The van der Waals surface area contributed by atoms with Crippen LogP contribution in [0.3, 0.4) is 0 Å². The van der Waals surface area contributed by atoms with Crippen LogP contribution >= 0.6 is 0 Å². The Kier molecular flexibility index (Phi) is 7.13. The molecular formula is C25H31N2O4+. The van der Waals surface area contributed by atoms with Crippen molar-refractivity contribution in [3.8, 4) is 5.75 Å². The first-order valence-corrected chi connectivity index (χ1v) is 10.7. The molecule has 0 spiro atoms. The van der Waals surface area contributed by atoms with Crippen molar-refractivity contribution in [1.29, 1.82) is 0 Å². The fourth-order valence-corrected chi connectivity index (χ4v) is 3.81. The van der Waals surface area contributed by atoms with Crippen LogP contribution in [0.1, 0.15) is 37.4 Å². The summed E-state index contributed by atoms with van der Waals surface area (Å²) in [6, 6.07) is 15.7. The molecule has 31 heavy (non-hydrogen) atoms. The van der Waals surface area contributed by atoms with Gasteiger partial charge in [-0.2, -0.15) is 0 Å². The molecule has 0 unspecified atom stereocenters. The number of hydrogen-bond donors (Lipinski definition) is 2. The standard InChI is InChI=1S/C25H30N2O4/c1-17(2)31-20-13-11-19(12-14-20)23(28)21-22(18-9-6-5-7-10-18)27(25(30)24(21)29)16-8-15-26(3)4/h5-7,9-14,17,22,28H,8,15-16H2,1-4H3/p+1/t22-/m1/s1. The molecule has 3 rings (SSSR count). The van der Waals surface area contributed by atoms with E-state index in [4.69, 9.17) is 4.74 Å². The number of aliphatic hydroxyl groups is 1. The van der Waals surface area contributed by atoms with Crippen molar-refractivity contribution in [1.82, 2.24) is 4.90 Å². The molecule has 2 N–H and O–H groups in total. The largest absolute Gasteiger partial charge is 0.507 e. The molecule has 1 saturated heterocycles. The van der Waals surface area contributed by atoms with Crippen LogP contribution in [-0.4, -0.2) is 55.0 Å². The highest BCUT2D eigenvalue weighted by Gasteiger charge is 2.45. The number of hydrogen-bond acceptors (Lipinski definition) is 4. The molecule has 0 bridgehead atoms. The highest BCUT2D eigenvalue weighted by atomic mass is 16.5. The zero-order valence-electron chi connectivity index (χ0n) is 18.6. The normalized spacial score (nSPS) is 18.3. The van der Waals surface area contributed by atoms with Gasteiger partial charge in [-0.15, -0.1) is 0 Å². The number of carbonyl (C=O) groups excluding carboxylic acids is 2. The smallest absolute Gasteiger partial charge is 0.295 e. The number of amides is 1. The number of quaternary nitrogens is 1. The summed E-state index contributed by atoms with van der Waals surface area (Å²) >= 11 is 0. The van der Waals surface area contributed by atoms with E-state index in [1.54, 1.807) is 29.2 Å². The topological polar surface area (TPSA) is 71.3 Å². The third-order valence-electron chi connectivity index (χ3n) is 5.23. The predicted molar refractivity (Wildman–Crippen MR) is 120 cm³/mol. The van der Waals surface area contributed by atoms with Crippen molar-refractivity contribution >= 4 is 17.4 Å². The Morgan fingerprint density at radius 3 is 2.29 bits per heavy atom. The highest BCUT2D eigenvalue weighted by molar-refractivity contribution is 6.46. The quantitative estimate of drug-likeness (QED) is 0.389. The first-order valence-electron chi connectivity index (χ1n) is 10.7. The highest BCUT2D eigenvalue weighted by Crippen LogP contribution is 2.39. The Balaban J connectivity index is 2.01. The van der Waals surface area contributed by atoms with Gasteiger partial charge in [0.25, 0.3) is 11.7 Å². The van der Waals surface area contributed by atoms with Gasteiger partial charge in [-0.25, -0.2) is 0 Å². The van der Waals surface area contributed by atoms with E-state index in [0.717, 1.165) is 18.5 Å². The summed E-state index contributed by atoms with van der Waals surface area (Å²) in [5, 5.41) is 11.1. The maximum atomic E-state index is 13.0. The van der Waals surface area contributed by atoms with Crippen LogP contribution in [0.2, 0.25) is 0 Å². The lowest BCUT2D eigenvalue weighted by Crippen LogP contribution is -3.05. The fraction of sp³-hybridized carbons (Fsp3) is 0.360. The second kappa shape index (κ2) is 9.79. The van der Waals surface area contributed by atoms with Crippen molar-refractivity contribution in [2.45, 2.75) is 32.4 Å². The molecule has 2 aromatic carbocycles. The van der Waals surface area contributed by atoms with Gasteiger partial charge in [0.1, 0.15) is 11.5 Å². The van der Waals surface area contributed by atoms with Crippen molar-refractivity contribution in [2.24, 2.45) is 0 Å². The van der Waals surface area contributed by atoms with Gasteiger partial charge in [-0.1, -0.05) is 30.3 Å². The van der Waals surface area contributed by atoms with Crippen LogP contribution < -0.4 is 9.64 Å². The van der Waals surface area contributed by atoms with Crippen LogP contribution in [0, 0.1) is 0 Å². The minimum Gasteiger partial charge on any atom is -0.507 e. The molecular weight excluding hydrogens is 392 g/mol. The zero-order chi connectivity index (χ0) is 22.5. The molecule has 1 atom stereocenters. The minimum atomic E-state index is -0.647. The monoisotopic (exact) mass is 423 g/mol. The molecule has 1 fully saturated rings. The van der Waals surface area contributed by atoms with Gasteiger partial charge < -0.3 is 19.6 Å². The summed E-state index contributed by atoms with van der Waals surface area (Å²) in [5.74, 6) is -0.697. The second-order valence-electron chi connectivity index (χ2n) is 8.40. The predicted octanol–water partition coefficient (Wildman–Crippen LogP) is 2.43. The van der Waals surface area contributed by atoms with Gasteiger partial charge in [0.05, 0.1) is 38.4 Å². The number of ketones is 1. The second-order valence-corrected chi connectivity index (χ2v) is 8.40. The molecule has 1 amide bonds. The number of likely N-dealkylation sites (tertiary alicyclic amines) is 1. The zero-order valence-corrected chi connectivity index (χ0v) is 18.6. The van der Waals surface area contributed by atoms with E-state index in [9.17, 15) is 14.7 Å². The Morgan fingerprint density at radius 1 is 1.06 bits per heavy atom. The summed E-state index contributed by atoms with van der Waals surface area (Å²) in [7, 11) is 4.10. The third kappa shape index (κ3) is 5.14. The molecule has 0 saturated carbocycles. The number of aliphatic hydroxyl groups excluding tert-OH is 1. The number of Topliss-reactive ketones (excluding diaryl/α,β-unsaturated/α-hetero) is 1. The fourth-order valence-electron chi connectivity index (χ4n) is 3.81. The summed E-state index contributed by atoms with van der Waals surface area (Å²) < 4.78 is 5.65. The number of nitrogens with one attached hydrogen (secondary N) is 1. The molecule has 0 radical (unpaired) electrons. The molecule has 0 aliphatic carbocycles. The number of nitrogens with zero attached hydrogens (tertiary/aromatic N) is 1.